The summed E-state index contributed by atoms with van der Waals surface area (Å²) in [5, 5.41) is 6.39. The fourth-order valence-electron chi connectivity index (χ4n) is 3.29. The smallest absolute Gasteiger partial charge is 0.144 e. The van der Waals surface area contributed by atoms with Crippen LogP contribution in [0, 0.1) is 13.8 Å². The van der Waals surface area contributed by atoms with Gasteiger partial charge in [-0.05, 0) is 45.4 Å². The summed E-state index contributed by atoms with van der Waals surface area (Å²) < 4.78 is 0. The second-order valence-electron chi connectivity index (χ2n) is 6.29. The van der Waals surface area contributed by atoms with Crippen molar-refractivity contribution in [2.75, 3.05) is 4.90 Å². The quantitative estimate of drug-likeness (QED) is 0.824. The molecule has 1 aromatic carbocycles. The Labute approximate surface area is 150 Å². The van der Waals surface area contributed by atoms with Crippen molar-refractivity contribution in [3.63, 3.8) is 0 Å². The molecule has 4 nitrogen and oxygen atoms in total. The molecule has 0 aliphatic carbocycles. The first-order chi connectivity index (χ1) is 11.5. The lowest BCUT2D eigenvalue weighted by atomic mass is 10.00. The SMILES string of the molecule is CC1=NNC2[C@H](C)N=C(c3ccc(Cl)cc3)c3c(sc(C)c3C)N12. The number of nitrogens with one attached hydrogen (secondary N) is 1. The Hall–Kier alpha value is -1.85. The maximum absolute atomic E-state index is 6.07. The van der Waals surface area contributed by atoms with Crippen LogP contribution in [0.3, 0.4) is 0 Å². The average Bonchev–Trinajstić information content (AvgIpc) is 3.03. The topological polar surface area (TPSA) is 40.0 Å². The molecule has 2 aliphatic heterocycles. The number of halogens is 1. The van der Waals surface area contributed by atoms with Gasteiger partial charge in [0.1, 0.15) is 17.0 Å². The molecule has 124 valence electrons. The number of anilines is 1. The van der Waals surface area contributed by atoms with E-state index in [2.05, 4.69) is 48.3 Å². The van der Waals surface area contributed by atoms with Crippen LogP contribution < -0.4 is 10.3 Å². The van der Waals surface area contributed by atoms with Crippen LogP contribution in [0.1, 0.15) is 35.4 Å². The molecule has 0 radical (unpaired) electrons. The van der Waals surface area contributed by atoms with Gasteiger partial charge in [0, 0.05) is 21.0 Å². The molecular weight excluding hydrogens is 340 g/mol. The number of nitrogens with zero attached hydrogens (tertiary/aromatic N) is 3. The Morgan fingerprint density at radius 2 is 1.88 bits per heavy atom. The van der Waals surface area contributed by atoms with E-state index in [1.165, 1.54) is 21.0 Å². The van der Waals surface area contributed by atoms with Crippen LogP contribution in [-0.4, -0.2) is 23.8 Å². The first kappa shape index (κ1) is 15.7. The van der Waals surface area contributed by atoms with E-state index in [0.717, 1.165) is 22.1 Å². The predicted molar refractivity (Wildman–Crippen MR) is 103 cm³/mol. The third-order valence-corrected chi connectivity index (χ3v) is 6.17. The van der Waals surface area contributed by atoms with Crippen LogP contribution in [0.25, 0.3) is 0 Å². The number of fused-ring (bicyclic) bond motifs is 3. The zero-order chi connectivity index (χ0) is 17.0. The maximum Gasteiger partial charge on any atom is 0.144 e. The Balaban J connectivity index is 1.96. The summed E-state index contributed by atoms with van der Waals surface area (Å²) in [4.78, 5) is 8.67. The zero-order valence-electron chi connectivity index (χ0n) is 14.1. The lowest BCUT2D eigenvalue weighted by molar-refractivity contribution is 0.505. The zero-order valence-corrected chi connectivity index (χ0v) is 15.7. The second-order valence-corrected chi connectivity index (χ2v) is 7.93. The second kappa shape index (κ2) is 5.60. The van der Waals surface area contributed by atoms with Gasteiger partial charge in [-0.1, -0.05) is 23.7 Å². The summed E-state index contributed by atoms with van der Waals surface area (Å²) in [6.07, 6.45) is 0.0611. The number of amidine groups is 1. The number of hydrogen-bond donors (Lipinski definition) is 1. The average molecular weight is 359 g/mol. The van der Waals surface area contributed by atoms with Crippen LogP contribution in [0.4, 0.5) is 5.00 Å². The minimum Gasteiger partial charge on any atom is -0.295 e. The van der Waals surface area contributed by atoms with E-state index in [4.69, 9.17) is 16.6 Å². The lowest BCUT2D eigenvalue weighted by Gasteiger charge is -2.26. The van der Waals surface area contributed by atoms with E-state index in [-0.39, 0.29) is 12.2 Å². The number of thiophene rings is 1. The number of rotatable bonds is 1. The molecule has 2 aliphatic rings. The summed E-state index contributed by atoms with van der Waals surface area (Å²) in [7, 11) is 0. The largest absolute Gasteiger partial charge is 0.295 e. The first-order valence-corrected chi connectivity index (χ1v) is 9.20. The highest BCUT2D eigenvalue weighted by atomic mass is 35.5. The molecule has 3 heterocycles. The van der Waals surface area contributed by atoms with Crippen molar-refractivity contribution in [3.05, 3.63) is 50.9 Å². The molecular formula is C18H19ClN4S. The normalized spacial score (nSPS) is 22.3. The van der Waals surface area contributed by atoms with Crippen LogP contribution in [0.2, 0.25) is 5.02 Å². The summed E-state index contributed by atoms with van der Waals surface area (Å²) in [6, 6.07) is 8.03. The Morgan fingerprint density at radius 3 is 2.58 bits per heavy atom. The highest BCUT2D eigenvalue weighted by Crippen LogP contribution is 2.41. The molecule has 24 heavy (non-hydrogen) atoms. The van der Waals surface area contributed by atoms with Crippen molar-refractivity contribution < 1.29 is 0 Å². The Bertz CT molecular complexity index is 866. The number of aryl methyl sites for hydroxylation is 1. The van der Waals surface area contributed by atoms with E-state index in [1.54, 1.807) is 0 Å². The molecule has 0 bridgehead atoms. The molecule has 2 atom stereocenters. The summed E-state index contributed by atoms with van der Waals surface area (Å²) >= 11 is 7.88. The van der Waals surface area contributed by atoms with Gasteiger partial charge in [-0.2, -0.15) is 5.10 Å². The Morgan fingerprint density at radius 1 is 1.17 bits per heavy atom. The lowest BCUT2D eigenvalue weighted by Crippen LogP contribution is -2.45. The van der Waals surface area contributed by atoms with Gasteiger partial charge in [0.05, 0.1) is 11.8 Å². The van der Waals surface area contributed by atoms with Gasteiger partial charge in [0.15, 0.2) is 0 Å². The van der Waals surface area contributed by atoms with Crippen molar-refractivity contribution in [1.29, 1.82) is 0 Å². The van der Waals surface area contributed by atoms with Gasteiger partial charge in [0.2, 0.25) is 0 Å². The molecule has 1 aromatic heterocycles. The fraction of sp³-hybridized carbons (Fsp3) is 0.333. The summed E-state index contributed by atoms with van der Waals surface area (Å²) in [5.41, 5.74) is 7.89. The highest BCUT2D eigenvalue weighted by Gasteiger charge is 2.38. The van der Waals surface area contributed by atoms with E-state index < -0.39 is 0 Å². The summed E-state index contributed by atoms with van der Waals surface area (Å²) in [6.45, 7) is 8.52. The standard InChI is InChI=1S/C18H19ClN4S/c1-9-11(3)24-18-15(9)16(13-5-7-14(19)8-6-13)20-10(2)17-22-21-12(4)23(17)18/h5-8,10,17,22H,1-4H3/t10-,17?/m0/s1. The van der Waals surface area contributed by atoms with E-state index >= 15 is 0 Å². The van der Waals surface area contributed by atoms with Crippen molar-refractivity contribution in [3.8, 4) is 0 Å². The van der Waals surface area contributed by atoms with Gasteiger partial charge in [-0.15, -0.1) is 11.3 Å². The van der Waals surface area contributed by atoms with Crippen molar-refractivity contribution in [1.82, 2.24) is 5.43 Å². The van der Waals surface area contributed by atoms with Crippen LogP contribution in [0.5, 0.6) is 0 Å². The molecule has 0 fully saturated rings. The monoisotopic (exact) mass is 358 g/mol. The molecule has 0 amide bonds. The molecule has 1 unspecified atom stereocenters. The van der Waals surface area contributed by atoms with Gasteiger partial charge in [-0.3, -0.25) is 15.3 Å². The van der Waals surface area contributed by atoms with Crippen molar-refractivity contribution >= 4 is 39.5 Å². The third kappa shape index (κ3) is 2.26. The fourth-order valence-corrected chi connectivity index (χ4v) is 4.66. The van der Waals surface area contributed by atoms with Crippen LogP contribution in [0.15, 0.2) is 34.4 Å². The van der Waals surface area contributed by atoms with E-state index in [0.29, 0.717) is 0 Å². The molecule has 0 spiro atoms. The van der Waals surface area contributed by atoms with Crippen molar-refractivity contribution in [2.24, 2.45) is 10.1 Å². The molecule has 0 saturated heterocycles. The molecule has 6 heteroatoms. The highest BCUT2D eigenvalue weighted by molar-refractivity contribution is 7.17. The predicted octanol–water partition coefficient (Wildman–Crippen LogP) is 4.33. The third-order valence-electron chi connectivity index (χ3n) is 4.72. The summed E-state index contributed by atoms with van der Waals surface area (Å²) in [5.74, 6) is 0.988. The molecule has 1 N–H and O–H groups in total. The Kier molecular flexibility index (Phi) is 3.66. The minimum atomic E-state index is 0.0611. The van der Waals surface area contributed by atoms with Gasteiger partial charge >= 0.3 is 0 Å². The number of hydrogen-bond acceptors (Lipinski definition) is 5. The van der Waals surface area contributed by atoms with Gasteiger partial charge in [0.25, 0.3) is 0 Å². The molecule has 4 rings (SSSR count). The minimum absolute atomic E-state index is 0.0611. The van der Waals surface area contributed by atoms with E-state index in [9.17, 15) is 0 Å². The van der Waals surface area contributed by atoms with Crippen molar-refractivity contribution in [2.45, 2.75) is 39.9 Å². The van der Waals surface area contributed by atoms with Gasteiger partial charge in [-0.25, -0.2) is 0 Å². The van der Waals surface area contributed by atoms with E-state index in [1.807, 2.05) is 30.4 Å². The molecule has 2 aromatic rings. The van der Waals surface area contributed by atoms with Gasteiger partial charge < -0.3 is 0 Å². The molecule has 0 saturated carbocycles. The number of aliphatic imine (C=N–C) groups is 1. The number of benzene rings is 1. The van der Waals surface area contributed by atoms with Crippen LogP contribution >= 0.6 is 22.9 Å². The van der Waals surface area contributed by atoms with Crippen LogP contribution in [-0.2, 0) is 0 Å². The number of hydrazone groups is 1. The first-order valence-electron chi connectivity index (χ1n) is 8.00. The maximum atomic E-state index is 6.07.